The van der Waals surface area contributed by atoms with Gasteiger partial charge in [-0.05, 0) is 12.1 Å². The van der Waals surface area contributed by atoms with Gasteiger partial charge in [0, 0.05) is 11.6 Å². The Kier molecular flexibility index (Phi) is 3.92. The number of hydrogen-bond acceptors (Lipinski definition) is 4. The van der Waals surface area contributed by atoms with Crippen LogP contribution in [0.5, 0.6) is 0 Å². The lowest BCUT2D eigenvalue weighted by atomic mass is 10.4. The molecule has 0 amide bonds. The van der Waals surface area contributed by atoms with Crippen LogP contribution < -0.4 is 10.5 Å². The van der Waals surface area contributed by atoms with E-state index in [2.05, 4.69) is 11.9 Å². The standard InChI is InChI=1S/C8H11ClN2O3S/c1-6(9)4-11-5-7-2-3-8(14-7)15(10,12)13/h2-3,11H,1,4-5H2,(H2,10,12,13). The van der Waals surface area contributed by atoms with E-state index in [0.717, 1.165) is 0 Å². The average Bonchev–Trinajstić information content (AvgIpc) is 2.51. The van der Waals surface area contributed by atoms with Crippen LogP contribution in [-0.4, -0.2) is 15.0 Å². The number of nitrogens with two attached hydrogens (primary N) is 1. The van der Waals surface area contributed by atoms with Gasteiger partial charge in [-0.3, -0.25) is 0 Å². The molecule has 0 spiro atoms. The molecule has 3 N–H and O–H groups in total. The molecular weight excluding hydrogens is 240 g/mol. The lowest BCUT2D eigenvalue weighted by molar-refractivity contribution is 0.405. The maximum atomic E-state index is 10.9. The van der Waals surface area contributed by atoms with Crippen LogP contribution in [0.2, 0.25) is 0 Å². The van der Waals surface area contributed by atoms with Crippen LogP contribution >= 0.6 is 11.6 Å². The molecule has 0 aliphatic heterocycles. The molecule has 84 valence electrons. The molecule has 0 aromatic carbocycles. The summed E-state index contributed by atoms with van der Waals surface area (Å²) in [7, 11) is -3.76. The highest BCUT2D eigenvalue weighted by Gasteiger charge is 2.12. The summed E-state index contributed by atoms with van der Waals surface area (Å²) in [6, 6.07) is 2.84. The van der Waals surface area contributed by atoms with E-state index in [0.29, 0.717) is 23.9 Å². The first-order chi connectivity index (χ1) is 6.89. The molecule has 0 radical (unpaired) electrons. The number of furan rings is 1. The fourth-order valence-corrected chi connectivity index (χ4v) is 1.50. The second-order valence-electron chi connectivity index (χ2n) is 2.89. The van der Waals surface area contributed by atoms with Crippen molar-refractivity contribution in [2.45, 2.75) is 11.6 Å². The van der Waals surface area contributed by atoms with Crippen molar-refractivity contribution < 1.29 is 12.8 Å². The Morgan fingerprint density at radius 1 is 1.60 bits per heavy atom. The summed E-state index contributed by atoms with van der Waals surface area (Å²) in [6.07, 6.45) is 0. The van der Waals surface area contributed by atoms with Gasteiger partial charge in [0.15, 0.2) is 0 Å². The van der Waals surface area contributed by atoms with Crippen LogP contribution in [0.25, 0.3) is 0 Å². The predicted molar refractivity (Wildman–Crippen MR) is 56.8 cm³/mol. The maximum Gasteiger partial charge on any atom is 0.271 e. The van der Waals surface area contributed by atoms with Crippen LogP contribution in [0, 0.1) is 0 Å². The van der Waals surface area contributed by atoms with Crippen molar-refractivity contribution in [3.05, 3.63) is 29.5 Å². The predicted octanol–water partition coefficient (Wildman–Crippen LogP) is 0.769. The molecule has 1 aromatic rings. The highest BCUT2D eigenvalue weighted by Crippen LogP contribution is 2.11. The second kappa shape index (κ2) is 4.80. The minimum Gasteiger partial charge on any atom is -0.447 e. The fourth-order valence-electron chi connectivity index (χ4n) is 0.927. The third-order valence-electron chi connectivity index (χ3n) is 1.53. The Morgan fingerprint density at radius 3 is 2.73 bits per heavy atom. The Bertz CT molecular complexity index is 452. The van der Waals surface area contributed by atoms with E-state index >= 15 is 0 Å². The van der Waals surface area contributed by atoms with Crippen molar-refractivity contribution in [2.75, 3.05) is 6.54 Å². The van der Waals surface area contributed by atoms with Gasteiger partial charge in [-0.1, -0.05) is 18.2 Å². The highest BCUT2D eigenvalue weighted by molar-refractivity contribution is 7.89. The lowest BCUT2D eigenvalue weighted by Gasteiger charge is -1.99. The number of sulfonamides is 1. The molecule has 0 aliphatic carbocycles. The molecule has 0 saturated carbocycles. The van der Waals surface area contributed by atoms with Crippen LogP contribution in [0.15, 0.2) is 33.3 Å². The lowest BCUT2D eigenvalue weighted by Crippen LogP contribution is -2.14. The Labute approximate surface area is 92.9 Å². The molecule has 0 aliphatic rings. The van der Waals surface area contributed by atoms with E-state index in [1.165, 1.54) is 12.1 Å². The molecule has 1 heterocycles. The van der Waals surface area contributed by atoms with Gasteiger partial charge in [0.05, 0.1) is 6.54 Å². The van der Waals surface area contributed by atoms with Gasteiger partial charge in [0.1, 0.15) is 5.76 Å². The number of rotatable bonds is 5. The maximum absolute atomic E-state index is 10.9. The SMILES string of the molecule is C=C(Cl)CNCc1ccc(S(N)(=O)=O)o1. The molecule has 0 unspecified atom stereocenters. The van der Waals surface area contributed by atoms with Gasteiger partial charge in [0.25, 0.3) is 10.0 Å². The van der Waals surface area contributed by atoms with Crippen LogP contribution in [0.4, 0.5) is 0 Å². The molecule has 0 saturated heterocycles. The third kappa shape index (κ3) is 4.05. The van der Waals surface area contributed by atoms with Gasteiger partial charge in [0.2, 0.25) is 5.09 Å². The van der Waals surface area contributed by atoms with Crippen molar-refractivity contribution in [3.63, 3.8) is 0 Å². The molecule has 1 rings (SSSR count). The summed E-state index contributed by atoms with van der Waals surface area (Å²) in [5.74, 6) is 0.469. The largest absolute Gasteiger partial charge is 0.447 e. The zero-order chi connectivity index (χ0) is 11.5. The van der Waals surface area contributed by atoms with Crippen molar-refractivity contribution in [3.8, 4) is 0 Å². The van der Waals surface area contributed by atoms with E-state index in [1.54, 1.807) is 0 Å². The number of halogens is 1. The highest BCUT2D eigenvalue weighted by atomic mass is 35.5. The van der Waals surface area contributed by atoms with E-state index in [4.69, 9.17) is 21.2 Å². The first-order valence-electron chi connectivity index (χ1n) is 4.05. The summed E-state index contributed by atoms with van der Waals surface area (Å²) >= 11 is 5.52. The van der Waals surface area contributed by atoms with Crippen LogP contribution in [0.3, 0.4) is 0 Å². The number of nitrogens with one attached hydrogen (secondary N) is 1. The Morgan fingerprint density at radius 2 is 2.27 bits per heavy atom. The summed E-state index contributed by atoms with van der Waals surface area (Å²) in [4.78, 5) is 0. The summed E-state index contributed by atoms with van der Waals surface area (Å²) in [6.45, 7) is 4.27. The topological polar surface area (TPSA) is 85.3 Å². The summed E-state index contributed by atoms with van der Waals surface area (Å²) < 4.78 is 26.7. The van der Waals surface area contributed by atoms with Crippen molar-refractivity contribution in [1.29, 1.82) is 0 Å². The summed E-state index contributed by atoms with van der Waals surface area (Å²) in [5, 5.41) is 7.99. The minimum atomic E-state index is -3.76. The molecule has 15 heavy (non-hydrogen) atoms. The molecule has 1 aromatic heterocycles. The zero-order valence-electron chi connectivity index (χ0n) is 7.86. The van der Waals surface area contributed by atoms with Crippen LogP contribution in [0.1, 0.15) is 5.76 Å². The fraction of sp³-hybridized carbons (Fsp3) is 0.250. The van der Waals surface area contributed by atoms with Crippen molar-refractivity contribution in [2.24, 2.45) is 5.14 Å². The van der Waals surface area contributed by atoms with Gasteiger partial charge in [-0.15, -0.1) is 0 Å². The Hall–Kier alpha value is -0.820. The average molecular weight is 251 g/mol. The van der Waals surface area contributed by atoms with E-state index in [-0.39, 0.29) is 5.09 Å². The molecule has 7 heteroatoms. The normalized spacial score (nSPS) is 11.6. The van der Waals surface area contributed by atoms with E-state index in [9.17, 15) is 8.42 Å². The second-order valence-corrected chi connectivity index (χ2v) is 4.91. The first kappa shape index (κ1) is 12.3. The third-order valence-corrected chi connectivity index (χ3v) is 2.45. The van der Waals surface area contributed by atoms with Gasteiger partial charge in [-0.25, -0.2) is 13.6 Å². The Balaban J connectivity index is 2.58. The molecule has 0 atom stereocenters. The molecular formula is C8H11ClN2O3S. The molecule has 5 nitrogen and oxygen atoms in total. The minimum absolute atomic E-state index is 0.246. The number of hydrogen-bond donors (Lipinski definition) is 2. The molecule has 0 bridgehead atoms. The first-order valence-corrected chi connectivity index (χ1v) is 5.97. The molecule has 0 fully saturated rings. The van der Waals surface area contributed by atoms with E-state index < -0.39 is 10.0 Å². The van der Waals surface area contributed by atoms with E-state index in [1.807, 2.05) is 0 Å². The van der Waals surface area contributed by atoms with Gasteiger partial charge >= 0.3 is 0 Å². The van der Waals surface area contributed by atoms with Crippen molar-refractivity contribution in [1.82, 2.24) is 5.32 Å². The van der Waals surface area contributed by atoms with Gasteiger partial charge in [-0.2, -0.15) is 0 Å². The van der Waals surface area contributed by atoms with Gasteiger partial charge < -0.3 is 9.73 Å². The zero-order valence-corrected chi connectivity index (χ0v) is 9.44. The summed E-state index contributed by atoms with van der Waals surface area (Å²) in [5.41, 5.74) is 0. The van der Waals surface area contributed by atoms with Crippen LogP contribution in [-0.2, 0) is 16.6 Å². The smallest absolute Gasteiger partial charge is 0.271 e. The number of primary sulfonamides is 1. The van der Waals surface area contributed by atoms with Crippen molar-refractivity contribution >= 4 is 21.6 Å². The monoisotopic (exact) mass is 250 g/mol. The quantitative estimate of drug-likeness (QED) is 0.808.